The van der Waals surface area contributed by atoms with Gasteiger partial charge in [0.2, 0.25) is 0 Å². The van der Waals surface area contributed by atoms with Gasteiger partial charge in [-0.2, -0.15) is 5.10 Å². The van der Waals surface area contributed by atoms with Gasteiger partial charge in [-0.15, -0.1) is 0 Å². The molecule has 0 atom stereocenters. The number of carboxylic acids is 1. The molecule has 1 aromatic heterocycles. The molecule has 5 nitrogen and oxygen atoms in total. The first-order chi connectivity index (χ1) is 11.3. The molecular formula is C19H25N3O2. The zero-order valence-corrected chi connectivity index (χ0v) is 14.8. The highest BCUT2D eigenvalue weighted by atomic mass is 16.4. The Morgan fingerprint density at radius 1 is 1.33 bits per heavy atom. The second-order valence-electron chi connectivity index (χ2n) is 7.70. The molecule has 0 radical (unpaired) electrons. The van der Waals surface area contributed by atoms with Crippen molar-refractivity contribution in [1.82, 2.24) is 14.7 Å². The molecule has 1 aliphatic rings. The standard InChI is InChI=1S/C19H25N3O2/c1-19(2)10-9-15-14(11-19)17(18(23)24)22(20-15)16-8-6-5-7-13(16)12-21(3)4/h5-8H,9-12H2,1-4H3,(H,23,24). The molecule has 0 saturated heterocycles. The van der Waals surface area contributed by atoms with Gasteiger partial charge in [-0.25, -0.2) is 9.48 Å². The molecule has 1 heterocycles. The summed E-state index contributed by atoms with van der Waals surface area (Å²) < 4.78 is 1.65. The van der Waals surface area contributed by atoms with Crippen molar-refractivity contribution in [2.75, 3.05) is 14.1 Å². The SMILES string of the molecule is CN(C)Cc1ccccc1-n1nc2c(c1C(=O)O)CC(C)(C)CC2. The molecule has 5 heteroatoms. The third kappa shape index (κ3) is 3.08. The molecule has 128 valence electrons. The Bertz CT molecular complexity index is 775. The molecule has 0 unspecified atom stereocenters. The quantitative estimate of drug-likeness (QED) is 0.937. The second kappa shape index (κ2) is 6.06. The monoisotopic (exact) mass is 327 g/mol. The third-order valence-electron chi connectivity index (χ3n) is 4.67. The maximum absolute atomic E-state index is 12.0. The van der Waals surface area contributed by atoms with Crippen LogP contribution in [0.25, 0.3) is 5.69 Å². The van der Waals surface area contributed by atoms with Crippen molar-refractivity contribution in [2.24, 2.45) is 5.41 Å². The normalized spacial score (nSPS) is 16.2. The van der Waals surface area contributed by atoms with E-state index in [4.69, 9.17) is 5.10 Å². The van der Waals surface area contributed by atoms with Gasteiger partial charge in [0.15, 0.2) is 5.69 Å². The van der Waals surface area contributed by atoms with Gasteiger partial charge in [-0.05, 0) is 50.4 Å². The van der Waals surface area contributed by atoms with Crippen LogP contribution >= 0.6 is 0 Å². The second-order valence-corrected chi connectivity index (χ2v) is 7.70. The fourth-order valence-corrected chi connectivity index (χ4v) is 3.49. The molecule has 0 aliphatic heterocycles. The van der Waals surface area contributed by atoms with Crippen LogP contribution in [-0.2, 0) is 19.4 Å². The summed E-state index contributed by atoms with van der Waals surface area (Å²) in [4.78, 5) is 14.1. The average Bonchev–Trinajstić information content (AvgIpc) is 2.84. The molecule has 0 bridgehead atoms. The van der Waals surface area contributed by atoms with Crippen molar-refractivity contribution in [2.45, 2.75) is 39.7 Å². The fourth-order valence-electron chi connectivity index (χ4n) is 3.49. The number of para-hydroxylation sites is 1. The first kappa shape index (κ1) is 16.7. The van der Waals surface area contributed by atoms with Crippen LogP contribution in [0.5, 0.6) is 0 Å². The molecule has 0 amide bonds. The Labute approximate surface area is 142 Å². The van der Waals surface area contributed by atoms with Gasteiger partial charge in [0.05, 0.1) is 11.4 Å². The van der Waals surface area contributed by atoms with Crippen LogP contribution < -0.4 is 0 Å². The van der Waals surface area contributed by atoms with Gasteiger partial charge < -0.3 is 10.0 Å². The van der Waals surface area contributed by atoms with E-state index in [1.807, 2.05) is 38.4 Å². The lowest BCUT2D eigenvalue weighted by Gasteiger charge is -2.28. The summed E-state index contributed by atoms with van der Waals surface area (Å²) in [5, 5.41) is 14.5. The third-order valence-corrected chi connectivity index (χ3v) is 4.67. The summed E-state index contributed by atoms with van der Waals surface area (Å²) >= 11 is 0. The lowest BCUT2D eigenvalue weighted by atomic mass is 9.76. The van der Waals surface area contributed by atoms with Crippen LogP contribution in [0.3, 0.4) is 0 Å². The van der Waals surface area contributed by atoms with E-state index in [-0.39, 0.29) is 5.41 Å². The van der Waals surface area contributed by atoms with Crippen molar-refractivity contribution >= 4 is 5.97 Å². The van der Waals surface area contributed by atoms with Crippen molar-refractivity contribution in [3.8, 4) is 5.69 Å². The maximum Gasteiger partial charge on any atom is 0.354 e. The molecule has 1 aliphatic carbocycles. The number of carboxylic acid groups (broad SMARTS) is 1. The van der Waals surface area contributed by atoms with E-state index in [2.05, 4.69) is 18.7 Å². The molecule has 0 saturated carbocycles. The summed E-state index contributed by atoms with van der Waals surface area (Å²) in [6.45, 7) is 5.13. The topological polar surface area (TPSA) is 58.4 Å². The van der Waals surface area contributed by atoms with Gasteiger partial charge in [0, 0.05) is 12.1 Å². The molecular weight excluding hydrogens is 302 g/mol. The van der Waals surface area contributed by atoms with Crippen molar-refractivity contribution in [3.63, 3.8) is 0 Å². The van der Waals surface area contributed by atoms with E-state index < -0.39 is 5.97 Å². The van der Waals surface area contributed by atoms with Gasteiger partial charge in [0.25, 0.3) is 0 Å². The van der Waals surface area contributed by atoms with Crippen molar-refractivity contribution in [3.05, 3.63) is 46.8 Å². The van der Waals surface area contributed by atoms with Gasteiger partial charge >= 0.3 is 5.97 Å². The highest BCUT2D eigenvalue weighted by Crippen LogP contribution is 2.37. The lowest BCUT2D eigenvalue weighted by Crippen LogP contribution is -2.23. The minimum Gasteiger partial charge on any atom is -0.476 e. The van der Waals surface area contributed by atoms with E-state index in [9.17, 15) is 9.90 Å². The molecule has 1 N–H and O–H groups in total. The summed E-state index contributed by atoms with van der Waals surface area (Å²) in [7, 11) is 4.01. The predicted octanol–water partition coefficient (Wildman–Crippen LogP) is 3.15. The van der Waals surface area contributed by atoms with E-state index in [0.29, 0.717) is 5.69 Å². The Morgan fingerprint density at radius 3 is 2.71 bits per heavy atom. The van der Waals surface area contributed by atoms with Gasteiger partial charge in [-0.1, -0.05) is 32.0 Å². The first-order valence-corrected chi connectivity index (χ1v) is 8.35. The maximum atomic E-state index is 12.0. The Morgan fingerprint density at radius 2 is 2.04 bits per heavy atom. The van der Waals surface area contributed by atoms with E-state index >= 15 is 0 Å². The number of aryl methyl sites for hydroxylation is 1. The lowest BCUT2D eigenvalue weighted by molar-refractivity contribution is 0.0685. The van der Waals surface area contributed by atoms with E-state index in [1.54, 1.807) is 4.68 Å². The molecule has 0 fully saturated rings. The molecule has 1 aromatic carbocycles. The van der Waals surface area contributed by atoms with Crippen LogP contribution in [0.15, 0.2) is 24.3 Å². The zero-order valence-electron chi connectivity index (χ0n) is 14.8. The van der Waals surface area contributed by atoms with Crippen LogP contribution in [-0.4, -0.2) is 39.9 Å². The first-order valence-electron chi connectivity index (χ1n) is 8.35. The Hall–Kier alpha value is -2.14. The molecule has 3 rings (SSSR count). The average molecular weight is 327 g/mol. The smallest absolute Gasteiger partial charge is 0.354 e. The number of hydrogen-bond donors (Lipinski definition) is 1. The minimum absolute atomic E-state index is 0.119. The predicted molar refractivity (Wildman–Crippen MR) is 93.7 cm³/mol. The number of benzene rings is 1. The molecule has 2 aromatic rings. The summed E-state index contributed by atoms with van der Waals surface area (Å²) in [6.07, 6.45) is 2.64. The highest BCUT2D eigenvalue weighted by Gasteiger charge is 2.33. The number of rotatable bonds is 4. The molecule has 24 heavy (non-hydrogen) atoms. The fraction of sp³-hybridized carbons (Fsp3) is 0.474. The van der Waals surface area contributed by atoms with Crippen molar-refractivity contribution in [1.29, 1.82) is 0 Å². The largest absolute Gasteiger partial charge is 0.476 e. The van der Waals surface area contributed by atoms with Gasteiger partial charge in [0.1, 0.15) is 0 Å². The number of aromatic carboxylic acids is 1. The van der Waals surface area contributed by atoms with E-state index in [0.717, 1.165) is 48.3 Å². The number of aromatic nitrogens is 2. The van der Waals surface area contributed by atoms with Crippen molar-refractivity contribution < 1.29 is 9.90 Å². The number of hydrogen-bond acceptors (Lipinski definition) is 3. The van der Waals surface area contributed by atoms with Crippen LogP contribution in [0.4, 0.5) is 0 Å². The Balaban J connectivity index is 2.17. The van der Waals surface area contributed by atoms with Crippen LogP contribution in [0, 0.1) is 5.41 Å². The summed E-state index contributed by atoms with van der Waals surface area (Å²) in [5.41, 5.74) is 4.21. The van der Waals surface area contributed by atoms with Gasteiger partial charge in [-0.3, -0.25) is 0 Å². The molecule has 0 spiro atoms. The Kier molecular flexibility index (Phi) is 4.22. The minimum atomic E-state index is -0.902. The zero-order chi connectivity index (χ0) is 17.5. The van der Waals surface area contributed by atoms with E-state index in [1.165, 1.54) is 0 Å². The number of carbonyl (C=O) groups is 1. The number of fused-ring (bicyclic) bond motifs is 1. The van der Waals surface area contributed by atoms with Crippen LogP contribution in [0.2, 0.25) is 0 Å². The summed E-state index contributed by atoms with van der Waals surface area (Å²) in [5.74, 6) is -0.902. The summed E-state index contributed by atoms with van der Waals surface area (Å²) in [6, 6.07) is 7.90. The van der Waals surface area contributed by atoms with Crippen LogP contribution in [0.1, 0.15) is 47.6 Å². The highest BCUT2D eigenvalue weighted by molar-refractivity contribution is 5.88. The number of nitrogens with zero attached hydrogens (tertiary/aromatic N) is 3.